The van der Waals surface area contributed by atoms with E-state index in [0.29, 0.717) is 0 Å². The van der Waals surface area contributed by atoms with Gasteiger partial charge in [0.2, 0.25) is 0 Å². The first-order valence-electron chi connectivity index (χ1n) is 5.12. The zero-order chi connectivity index (χ0) is 11.3. The molecule has 15 heavy (non-hydrogen) atoms. The van der Waals surface area contributed by atoms with Crippen molar-refractivity contribution in [1.29, 1.82) is 0 Å². The Morgan fingerprint density at radius 1 is 1.47 bits per heavy atom. The third kappa shape index (κ3) is 5.30. The summed E-state index contributed by atoms with van der Waals surface area (Å²) in [6.45, 7) is 3.79. The second-order valence-corrected chi connectivity index (χ2v) is 5.47. The molecule has 0 N–H and O–H groups in total. The van der Waals surface area contributed by atoms with Crippen LogP contribution >= 0.6 is 0 Å². The number of hydrogen-bond donors (Lipinski definition) is 0. The highest BCUT2D eigenvalue weighted by molar-refractivity contribution is 7.85. The molecule has 1 heterocycles. The van der Waals surface area contributed by atoms with E-state index in [1.54, 1.807) is 0 Å². The summed E-state index contributed by atoms with van der Waals surface area (Å²) in [6.07, 6.45) is 6.69. The van der Waals surface area contributed by atoms with Gasteiger partial charge in [-0.3, -0.25) is 4.18 Å². The fourth-order valence-electron chi connectivity index (χ4n) is 1.66. The van der Waals surface area contributed by atoms with E-state index in [1.807, 2.05) is 6.08 Å². The first-order chi connectivity index (χ1) is 7.01. The van der Waals surface area contributed by atoms with E-state index < -0.39 is 10.1 Å². The van der Waals surface area contributed by atoms with Gasteiger partial charge in [0, 0.05) is 0 Å². The second kappa shape index (κ2) is 5.63. The Morgan fingerprint density at radius 3 is 2.73 bits per heavy atom. The predicted molar refractivity (Wildman–Crippen MR) is 58.1 cm³/mol. The zero-order valence-electron chi connectivity index (χ0n) is 9.02. The Hall–Kier alpha value is -0.390. The smallest absolute Gasteiger partial charge is 0.264 e. The molecule has 0 spiro atoms. The van der Waals surface area contributed by atoms with Crippen LogP contribution in [0.3, 0.4) is 0 Å². The maximum Gasteiger partial charge on any atom is 0.264 e. The van der Waals surface area contributed by atoms with Crippen molar-refractivity contribution < 1.29 is 17.3 Å². The molecule has 88 valence electrons. The minimum atomic E-state index is -3.35. The molecule has 0 aromatic carbocycles. The summed E-state index contributed by atoms with van der Waals surface area (Å²) in [5.74, 6) is 0. The first kappa shape index (κ1) is 12.7. The lowest BCUT2D eigenvalue weighted by atomic mass is 10.0. The highest BCUT2D eigenvalue weighted by Crippen LogP contribution is 2.21. The van der Waals surface area contributed by atoms with Gasteiger partial charge in [-0.1, -0.05) is 6.08 Å². The predicted octanol–water partition coefficient (Wildman–Crippen LogP) is 1.48. The van der Waals surface area contributed by atoms with Gasteiger partial charge in [0.05, 0.1) is 25.1 Å². The molecule has 2 unspecified atom stereocenters. The van der Waals surface area contributed by atoms with Crippen molar-refractivity contribution in [3.05, 3.63) is 12.7 Å². The summed E-state index contributed by atoms with van der Waals surface area (Å²) in [5.41, 5.74) is 0. The summed E-state index contributed by atoms with van der Waals surface area (Å²) in [4.78, 5) is 0. The van der Waals surface area contributed by atoms with Gasteiger partial charge >= 0.3 is 0 Å². The van der Waals surface area contributed by atoms with Crippen molar-refractivity contribution in [2.75, 3.05) is 12.9 Å². The van der Waals surface area contributed by atoms with E-state index in [9.17, 15) is 8.42 Å². The molecule has 1 aliphatic heterocycles. The van der Waals surface area contributed by atoms with Gasteiger partial charge in [0.25, 0.3) is 10.1 Å². The third-order valence-electron chi connectivity index (χ3n) is 2.33. The van der Waals surface area contributed by atoms with Gasteiger partial charge in [-0.2, -0.15) is 8.42 Å². The molecule has 1 fully saturated rings. The van der Waals surface area contributed by atoms with E-state index in [0.717, 1.165) is 31.9 Å². The highest BCUT2D eigenvalue weighted by atomic mass is 32.2. The van der Waals surface area contributed by atoms with Gasteiger partial charge in [-0.05, 0) is 25.7 Å². The van der Waals surface area contributed by atoms with Gasteiger partial charge in [0.15, 0.2) is 0 Å². The van der Waals surface area contributed by atoms with Crippen LogP contribution in [0.1, 0.15) is 25.7 Å². The van der Waals surface area contributed by atoms with Crippen molar-refractivity contribution in [2.24, 2.45) is 0 Å². The fraction of sp³-hybridized carbons (Fsp3) is 0.800. The molecule has 1 rings (SSSR count). The largest absolute Gasteiger partial charge is 0.372 e. The molecule has 0 saturated carbocycles. The Balaban J connectivity index is 2.33. The molecular weight excluding hydrogens is 216 g/mol. The summed E-state index contributed by atoms with van der Waals surface area (Å²) < 4.78 is 32.0. The highest BCUT2D eigenvalue weighted by Gasteiger charge is 2.22. The molecule has 0 aromatic heterocycles. The number of hydrogen-bond acceptors (Lipinski definition) is 4. The first-order valence-corrected chi connectivity index (χ1v) is 6.93. The maximum atomic E-state index is 10.8. The third-order valence-corrected chi connectivity index (χ3v) is 2.90. The number of rotatable bonds is 5. The topological polar surface area (TPSA) is 52.6 Å². The van der Waals surface area contributed by atoms with Crippen LogP contribution < -0.4 is 0 Å². The van der Waals surface area contributed by atoms with Gasteiger partial charge in [-0.25, -0.2) is 0 Å². The van der Waals surface area contributed by atoms with Crippen LogP contribution in [0.2, 0.25) is 0 Å². The van der Waals surface area contributed by atoms with E-state index >= 15 is 0 Å². The molecule has 0 aliphatic carbocycles. The van der Waals surface area contributed by atoms with Gasteiger partial charge < -0.3 is 4.74 Å². The second-order valence-electron chi connectivity index (χ2n) is 3.82. The van der Waals surface area contributed by atoms with Gasteiger partial charge in [-0.15, -0.1) is 6.58 Å². The summed E-state index contributed by atoms with van der Waals surface area (Å²) in [7, 11) is -3.35. The molecule has 2 atom stereocenters. The van der Waals surface area contributed by atoms with Crippen LogP contribution in [0, 0.1) is 0 Å². The lowest BCUT2D eigenvalue weighted by molar-refractivity contribution is -0.0644. The standard InChI is InChI=1S/C10H18O4S/c1-3-5-9-6-4-7-10(14-9)8-13-15(2,11)12/h3,9-10H,1,4-8H2,2H3. The van der Waals surface area contributed by atoms with E-state index in [2.05, 4.69) is 6.58 Å². The molecule has 4 nitrogen and oxygen atoms in total. The van der Waals surface area contributed by atoms with Crippen LogP contribution in [0.15, 0.2) is 12.7 Å². The monoisotopic (exact) mass is 234 g/mol. The van der Waals surface area contributed by atoms with Crippen LogP contribution in [-0.4, -0.2) is 33.5 Å². The Labute approximate surface area is 91.4 Å². The maximum absolute atomic E-state index is 10.8. The minimum Gasteiger partial charge on any atom is -0.372 e. The lowest BCUT2D eigenvalue weighted by Crippen LogP contribution is -2.31. The molecule has 0 radical (unpaired) electrons. The summed E-state index contributed by atoms with van der Waals surface area (Å²) in [5, 5.41) is 0. The van der Waals surface area contributed by atoms with Crippen molar-refractivity contribution in [3.8, 4) is 0 Å². The molecule has 5 heteroatoms. The Bertz CT molecular complexity index is 297. The zero-order valence-corrected chi connectivity index (χ0v) is 9.83. The molecule has 1 saturated heterocycles. The van der Waals surface area contributed by atoms with E-state index in [1.165, 1.54) is 0 Å². The van der Waals surface area contributed by atoms with Crippen molar-refractivity contribution >= 4 is 10.1 Å². The van der Waals surface area contributed by atoms with Crippen molar-refractivity contribution in [3.63, 3.8) is 0 Å². The number of ether oxygens (including phenoxy) is 1. The average Bonchev–Trinajstić information content (AvgIpc) is 2.15. The molecular formula is C10H18O4S. The molecule has 0 bridgehead atoms. The minimum absolute atomic E-state index is 0.0987. The van der Waals surface area contributed by atoms with Gasteiger partial charge in [0.1, 0.15) is 0 Å². The Morgan fingerprint density at radius 2 is 2.13 bits per heavy atom. The molecule has 0 aromatic rings. The Kier molecular flexibility index (Phi) is 4.76. The molecule has 0 amide bonds. The SMILES string of the molecule is C=CCC1CCCC(COS(C)(=O)=O)O1. The quantitative estimate of drug-likeness (QED) is 0.534. The van der Waals surface area contributed by atoms with Crippen LogP contribution in [0.25, 0.3) is 0 Å². The van der Waals surface area contributed by atoms with Crippen molar-refractivity contribution in [1.82, 2.24) is 0 Å². The average molecular weight is 234 g/mol. The van der Waals surface area contributed by atoms with Crippen LogP contribution in [0.5, 0.6) is 0 Å². The lowest BCUT2D eigenvalue weighted by Gasteiger charge is -2.29. The van der Waals surface area contributed by atoms with E-state index in [-0.39, 0.29) is 18.8 Å². The normalized spacial score (nSPS) is 27.5. The summed E-state index contributed by atoms with van der Waals surface area (Å²) >= 11 is 0. The van der Waals surface area contributed by atoms with Crippen LogP contribution in [-0.2, 0) is 19.0 Å². The van der Waals surface area contributed by atoms with Crippen LogP contribution in [0.4, 0.5) is 0 Å². The summed E-state index contributed by atoms with van der Waals surface area (Å²) in [6, 6.07) is 0. The van der Waals surface area contributed by atoms with E-state index in [4.69, 9.17) is 8.92 Å². The molecule has 1 aliphatic rings. The van der Waals surface area contributed by atoms with Crippen molar-refractivity contribution in [2.45, 2.75) is 37.9 Å². The fourth-order valence-corrected chi connectivity index (χ4v) is 2.06.